The molecule has 0 aromatic heterocycles. The first-order chi connectivity index (χ1) is 13.6. The average molecular weight is 387 g/mol. The van der Waals surface area contributed by atoms with Gasteiger partial charge >= 0.3 is 5.97 Å². The van der Waals surface area contributed by atoms with Gasteiger partial charge in [-0.15, -0.1) is 0 Å². The van der Waals surface area contributed by atoms with Crippen LogP contribution >= 0.6 is 0 Å². The highest BCUT2D eigenvalue weighted by Crippen LogP contribution is 2.33. The maximum Gasteiger partial charge on any atom is 0.338 e. The first kappa shape index (κ1) is 19.3. The van der Waals surface area contributed by atoms with Crippen molar-refractivity contribution in [2.24, 2.45) is 0 Å². The zero-order valence-corrected chi connectivity index (χ0v) is 15.7. The number of hydrogen-bond donors (Lipinski definition) is 1. The lowest BCUT2D eigenvalue weighted by Gasteiger charge is -2.13. The SMILES string of the molecule is CCOc1ccc(NC(=O)COC(=O)c2ccc3c(c2)OCO3)cc1OCC. The molecular formula is C20H21NO7. The van der Waals surface area contributed by atoms with Crippen LogP contribution in [0.25, 0.3) is 0 Å². The zero-order valence-electron chi connectivity index (χ0n) is 15.7. The van der Waals surface area contributed by atoms with E-state index in [1.807, 2.05) is 13.8 Å². The third-order valence-corrected chi connectivity index (χ3v) is 3.77. The second-order valence-corrected chi connectivity index (χ2v) is 5.72. The number of ether oxygens (including phenoxy) is 5. The Hall–Kier alpha value is -3.42. The van der Waals surface area contributed by atoms with Crippen LogP contribution in [0.4, 0.5) is 5.69 Å². The van der Waals surface area contributed by atoms with Crippen molar-refractivity contribution in [2.45, 2.75) is 13.8 Å². The van der Waals surface area contributed by atoms with Crippen LogP contribution in [0.15, 0.2) is 36.4 Å². The Morgan fingerprint density at radius 2 is 1.71 bits per heavy atom. The van der Waals surface area contributed by atoms with E-state index in [-0.39, 0.29) is 12.4 Å². The molecule has 0 saturated heterocycles. The van der Waals surface area contributed by atoms with Gasteiger partial charge < -0.3 is 29.0 Å². The van der Waals surface area contributed by atoms with Crippen LogP contribution in [0.5, 0.6) is 23.0 Å². The van der Waals surface area contributed by atoms with Crippen molar-refractivity contribution in [1.82, 2.24) is 0 Å². The van der Waals surface area contributed by atoms with E-state index >= 15 is 0 Å². The molecule has 2 aromatic carbocycles. The second-order valence-electron chi connectivity index (χ2n) is 5.72. The molecule has 0 spiro atoms. The number of carbonyl (C=O) groups is 2. The standard InChI is InChI=1S/C20H21NO7/c1-3-24-15-8-6-14(10-18(15)25-4-2)21-19(22)11-26-20(23)13-5-7-16-17(9-13)28-12-27-16/h5-10H,3-4,11-12H2,1-2H3,(H,21,22). The smallest absolute Gasteiger partial charge is 0.338 e. The van der Waals surface area contributed by atoms with Crippen LogP contribution in [0.2, 0.25) is 0 Å². The molecule has 1 N–H and O–H groups in total. The van der Waals surface area contributed by atoms with E-state index in [1.54, 1.807) is 30.3 Å². The topological polar surface area (TPSA) is 92.3 Å². The number of amides is 1. The highest BCUT2D eigenvalue weighted by atomic mass is 16.7. The predicted molar refractivity (Wildman–Crippen MR) is 100 cm³/mol. The van der Waals surface area contributed by atoms with Crippen LogP contribution in [-0.2, 0) is 9.53 Å². The van der Waals surface area contributed by atoms with Gasteiger partial charge in [-0.2, -0.15) is 0 Å². The normalized spacial score (nSPS) is 11.6. The fourth-order valence-corrected chi connectivity index (χ4v) is 2.56. The molecule has 0 unspecified atom stereocenters. The quantitative estimate of drug-likeness (QED) is 0.696. The lowest BCUT2D eigenvalue weighted by molar-refractivity contribution is -0.119. The van der Waals surface area contributed by atoms with E-state index in [2.05, 4.69) is 5.32 Å². The molecule has 8 heteroatoms. The highest BCUT2D eigenvalue weighted by molar-refractivity contribution is 5.96. The summed E-state index contributed by atoms with van der Waals surface area (Å²) < 4.78 is 26.5. The first-order valence-electron chi connectivity index (χ1n) is 8.87. The lowest BCUT2D eigenvalue weighted by atomic mass is 10.2. The minimum absolute atomic E-state index is 0.113. The molecular weight excluding hydrogens is 366 g/mol. The van der Waals surface area contributed by atoms with Gasteiger partial charge in [-0.3, -0.25) is 4.79 Å². The van der Waals surface area contributed by atoms with Crippen molar-refractivity contribution < 1.29 is 33.3 Å². The summed E-state index contributed by atoms with van der Waals surface area (Å²) in [7, 11) is 0. The maximum atomic E-state index is 12.1. The number of esters is 1. The monoisotopic (exact) mass is 387 g/mol. The van der Waals surface area contributed by atoms with Gasteiger partial charge in [0.25, 0.3) is 5.91 Å². The molecule has 0 fully saturated rings. The number of fused-ring (bicyclic) bond motifs is 1. The Morgan fingerprint density at radius 1 is 0.964 bits per heavy atom. The van der Waals surface area contributed by atoms with Crippen molar-refractivity contribution in [1.29, 1.82) is 0 Å². The minimum atomic E-state index is -0.629. The molecule has 1 aliphatic heterocycles. The molecule has 28 heavy (non-hydrogen) atoms. The predicted octanol–water partition coefficient (Wildman–Crippen LogP) is 3.01. The number of hydrogen-bond acceptors (Lipinski definition) is 7. The molecule has 1 amide bonds. The van der Waals surface area contributed by atoms with E-state index in [4.69, 9.17) is 23.7 Å². The van der Waals surface area contributed by atoms with Gasteiger partial charge in [-0.1, -0.05) is 0 Å². The highest BCUT2D eigenvalue weighted by Gasteiger charge is 2.18. The molecule has 3 rings (SSSR count). The Bertz CT molecular complexity index is 866. The van der Waals surface area contributed by atoms with Crippen molar-refractivity contribution in [3.05, 3.63) is 42.0 Å². The molecule has 1 heterocycles. The third-order valence-electron chi connectivity index (χ3n) is 3.77. The molecule has 0 aliphatic carbocycles. The zero-order chi connectivity index (χ0) is 19.9. The van der Waals surface area contributed by atoms with Gasteiger partial charge in [0, 0.05) is 11.8 Å². The Kier molecular flexibility index (Phi) is 6.21. The van der Waals surface area contributed by atoms with Crippen LogP contribution in [0.1, 0.15) is 24.2 Å². The van der Waals surface area contributed by atoms with Crippen LogP contribution in [0, 0.1) is 0 Å². The van der Waals surface area contributed by atoms with Gasteiger partial charge in [0.1, 0.15) is 0 Å². The largest absolute Gasteiger partial charge is 0.490 e. The summed E-state index contributed by atoms with van der Waals surface area (Å²) in [5.41, 5.74) is 0.785. The summed E-state index contributed by atoms with van der Waals surface area (Å²) in [4.78, 5) is 24.2. The summed E-state index contributed by atoms with van der Waals surface area (Å²) in [5.74, 6) is 1.05. The van der Waals surface area contributed by atoms with Gasteiger partial charge in [0.15, 0.2) is 29.6 Å². The van der Waals surface area contributed by atoms with Gasteiger partial charge in [-0.25, -0.2) is 4.79 Å². The van der Waals surface area contributed by atoms with E-state index in [0.29, 0.717) is 41.9 Å². The third kappa shape index (κ3) is 4.64. The van der Waals surface area contributed by atoms with Gasteiger partial charge in [0.05, 0.1) is 18.8 Å². The molecule has 0 bridgehead atoms. The van der Waals surface area contributed by atoms with Crippen molar-refractivity contribution in [2.75, 3.05) is 31.9 Å². The van der Waals surface area contributed by atoms with Crippen LogP contribution < -0.4 is 24.3 Å². The van der Waals surface area contributed by atoms with Crippen molar-refractivity contribution in [3.63, 3.8) is 0 Å². The minimum Gasteiger partial charge on any atom is -0.490 e. The molecule has 0 saturated carbocycles. The van der Waals surface area contributed by atoms with Gasteiger partial charge in [0.2, 0.25) is 6.79 Å². The van der Waals surface area contributed by atoms with Crippen LogP contribution in [0.3, 0.4) is 0 Å². The summed E-state index contributed by atoms with van der Waals surface area (Å²) >= 11 is 0. The molecule has 0 atom stereocenters. The molecule has 0 radical (unpaired) electrons. The van der Waals surface area contributed by atoms with Gasteiger partial charge in [-0.05, 0) is 44.2 Å². The Labute approximate surface area is 162 Å². The molecule has 148 valence electrons. The van der Waals surface area contributed by atoms with E-state index in [0.717, 1.165) is 0 Å². The Balaban J connectivity index is 1.56. The van der Waals surface area contributed by atoms with E-state index in [1.165, 1.54) is 6.07 Å². The van der Waals surface area contributed by atoms with E-state index < -0.39 is 18.5 Å². The van der Waals surface area contributed by atoms with Crippen molar-refractivity contribution >= 4 is 17.6 Å². The molecule has 2 aromatic rings. The molecule has 8 nitrogen and oxygen atoms in total. The number of nitrogens with one attached hydrogen (secondary N) is 1. The summed E-state index contributed by atoms with van der Waals surface area (Å²) in [6.45, 7) is 4.38. The number of rotatable bonds is 8. The summed E-state index contributed by atoms with van der Waals surface area (Å²) in [5, 5.41) is 2.66. The first-order valence-corrected chi connectivity index (χ1v) is 8.87. The average Bonchev–Trinajstić information content (AvgIpc) is 3.16. The molecule has 1 aliphatic rings. The Morgan fingerprint density at radius 3 is 2.50 bits per heavy atom. The summed E-state index contributed by atoms with van der Waals surface area (Å²) in [6, 6.07) is 9.74. The number of benzene rings is 2. The van der Waals surface area contributed by atoms with E-state index in [9.17, 15) is 9.59 Å². The number of carbonyl (C=O) groups excluding carboxylic acids is 2. The maximum absolute atomic E-state index is 12.1. The second kappa shape index (κ2) is 8.98. The fraction of sp³-hybridized carbons (Fsp3) is 0.300. The lowest BCUT2D eigenvalue weighted by Crippen LogP contribution is -2.21. The van der Waals surface area contributed by atoms with Crippen molar-refractivity contribution in [3.8, 4) is 23.0 Å². The van der Waals surface area contributed by atoms with Crippen LogP contribution in [-0.4, -0.2) is 38.5 Å². The summed E-state index contributed by atoms with van der Waals surface area (Å²) in [6.07, 6.45) is 0. The fourth-order valence-electron chi connectivity index (χ4n) is 2.56. The number of anilines is 1.